The zero-order chi connectivity index (χ0) is 5.98. The number of ether oxygens (including phenoxy) is 1. The van der Waals surface area contributed by atoms with Gasteiger partial charge in [-0.3, -0.25) is 4.68 Å². The van der Waals surface area contributed by atoms with Crippen LogP contribution in [0.3, 0.4) is 0 Å². The molecule has 0 aliphatic carbocycles. The molecule has 3 heteroatoms. The van der Waals surface area contributed by atoms with Crippen molar-refractivity contribution in [2.24, 2.45) is 0 Å². The largest absolute Gasteiger partial charge is 0.493 e. The molecule has 0 aromatic carbocycles. The van der Waals surface area contributed by atoms with Crippen molar-refractivity contribution in [3.63, 3.8) is 0 Å². The van der Waals surface area contributed by atoms with Crippen LogP contribution in [-0.4, -0.2) is 16.9 Å². The van der Waals surface area contributed by atoms with Gasteiger partial charge >= 0.3 is 0 Å². The maximum atomic E-state index is 4.81. The summed E-state index contributed by atoms with van der Waals surface area (Å²) in [5.74, 6) is 0.736. The maximum absolute atomic E-state index is 4.81. The van der Waals surface area contributed by atoms with Crippen molar-refractivity contribution in [2.75, 3.05) is 7.11 Å². The lowest BCUT2D eigenvalue weighted by Crippen LogP contribution is -1.81. The summed E-state index contributed by atoms with van der Waals surface area (Å²) in [6, 6.07) is 0. The van der Waals surface area contributed by atoms with E-state index in [-0.39, 0.29) is 0 Å². The summed E-state index contributed by atoms with van der Waals surface area (Å²) in [4.78, 5) is 0. The average molecular weight is 111 g/mol. The van der Waals surface area contributed by atoms with Crippen molar-refractivity contribution < 1.29 is 4.74 Å². The Kier molecular flexibility index (Phi) is 1.20. The fraction of sp³-hybridized carbons (Fsp3) is 0.200. The number of methoxy groups -OCH3 is 1. The number of nitrogens with zero attached hydrogens (tertiary/aromatic N) is 2. The van der Waals surface area contributed by atoms with Crippen molar-refractivity contribution in [2.45, 2.75) is 0 Å². The van der Waals surface area contributed by atoms with Crippen LogP contribution in [0, 0.1) is 7.05 Å². The molecule has 3 nitrogen and oxygen atoms in total. The van der Waals surface area contributed by atoms with Gasteiger partial charge in [-0.25, -0.2) is 0 Å². The Bertz CT molecular complexity index is 171. The Morgan fingerprint density at radius 2 is 2.62 bits per heavy atom. The third-order valence-corrected chi connectivity index (χ3v) is 0.845. The molecule has 8 heavy (non-hydrogen) atoms. The van der Waals surface area contributed by atoms with E-state index >= 15 is 0 Å². The number of hydrogen-bond acceptors (Lipinski definition) is 2. The third-order valence-electron chi connectivity index (χ3n) is 0.845. The first-order valence-electron chi connectivity index (χ1n) is 2.22. The van der Waals surface area contributed by atoms with Crippen molar-refractivity contribution in [1.29, 1.82) is 0 Å². The molecule has 43 valence electrons. The molecule has 0 amide bonds. The van der Waals surface area contributed by atoms with Crippen LogP contribution in [0.5, 0.6) is 5.75 Å². The Balaban J connectivity index is 2.84. The lowest BCUT2D eigenvalue weighted by atomic mass is 10.7. The van der Waals surface area contributed by atoms with E-state index in [4.69, 9.17) is 4.74 Å². The molecule has 1 aromatic heterocycles. The van der Waals surface area contributed by atoms with Gasteiger partial charge in [0.1, 0.15) is 0 Å². The fourth-order valence-electron chi connectivity index (χ4n) is 0.450. The minimum absolute atomic E-state index is 0.736. The normalized spacial score (nSPS) is 9.25. The summed E-state index contributed by atoms with van der Waals surface area (Å²) in [6.07, 6.45) is 3.30. The van der Waals surface area contributed by atoms with Crippen molar-refractivity contribution >= 4 is 0 Å². The summed E-state index contributed by atoms with van der Waals surface area (Å²) in [5, 5.41) is 3.77. The maximum Gasteiger partial charge on any atom is 0.156 e. The topological polar surface area (TPSA) is 27.1 Å². The molecule has 1 heterocycles. The van der Waals surface area contributed by atoms with Crippen LogP contribution in [-0.2, 0) is 0 Å². The van der Waals surface area contributed by atoms with Gasteiger partial charge in [0.2, 0.25) is 0 Å². The minimum atomic E-state index is 0.736. The Hall–Kier alpha value is -0.990. The predicted octanol–water partition coefficient (Wildman–Crippen LogP) is 0.531. The highest BCUT2D eigenvalue weighted by Crippen LogP contribution is 2.04. The highest BCUT2D eigenvalue weighted by molar-refractivity contribution is 5.11. The van der Waals surface area contributed by atoms with Crippen LogP contribution in [0.15, 0.2) is 12.4 Å². The lowest BCUT2D eigenvalue weighted by Gasteiger charge is -1.86. The van der Waals surface area contributed by atoms with E-state index in [1.807, 2.05) is 0 Å². The molecular weight excluding hydrogens is 104 g/mol. The second-order valence-electron chi connectivity index (χ2n) is 1.42. The van der Waals surface area contributed by atoms with E-state index in [1.54, 1.807) is 19.5 Å². The highest BCUT2D eigenvalue weighted by atomic mass is 16.5. The van der Waals surface area contributed by atoms with Gasteiger partial charge in [-0.05, 0) is 0 Å². The first-order chi connectivity index (χ1) is 3.83. The van der Waals surface area contributed by atoms with Crippen molar-refractivity contribution in [3.8, 4) is 5.75 Å². The van der Waals surface area contributed by atoms with E-state index in [0.29, 0.717) is 0 Å². The molecule has 1 aromatic rings. The summed E-state index contributed by atoms with van der Waals surface area (Å²) in [7, 11) is 5.11. The molecule has 0 saturated carbocycles. The van der Waals surface area contributed by atoms with Gasteiger partial charge in [0.15, 0.2) is 5.75 Å². The smallest absolute Gasteiger partial charge is 0.156 e. The zero-order valence-corrected chi connectivity index (χ0v) is 4.66. The molecule has 0 aliphatic rings. The Morgan fingerprint density at radius 3 is 2.88 bits per heavy atom. The average Bonchev–Trinajstić information content (AvgIpc) is 2.14. The molecule has 0 fully saturated rings. The molecule has 0 spiro atoms. The van der Waals surface area contributed by atoms with Crippen LogP contribution < -0.4 is 4.74 Å². The summed E-state index contributed by atoms with van der Waals surface area (Å²) < 4.78 is 6.25. The first kappa shape index (κ1) is 5.15. The second kappa shape index (κ2) is 1.86. The van der Waals surface area contributed by atoms with Gasteiger partial charge in [0, 0.05) is 0 Å². The number of rotatable bonds is 1. The van der Waals surface area contributed by atoms with E-state index < -0.39 is 0 Å². The summed E-state index contributed by atoms with van der Waals surface area (Å²) >= 11 is 0. The van der Waals surface area contributed by atoms with Gasteiger partial charge in [-0.2, -0.15) is 5.10 Å². The molecule has 1 rings (SSSR count). The molecule has 0 unspecified atom stereocenters. The molecule has 0 aliphatic heterocycles. The van der Waals surface area contributed by atoms with Gasteiger partial charge in [-0.1, -0.05) is 0 Å². The second-order valence-corrected chi connectivity index (χ2v) is 1.42. The van der Waals surface area contributed by atoms with Crippen LogP contribution in [0.4, 0.5) is 0 Å². The molecular formula is C5H7N2O. The van der Waals surface area contributed by atoms with Crippen LogP contribution in [0.2, 0.25) is 0 Å². The molecule has 0 N–H and O–H groups in total. The van der Waals surface area contributed by atoms with Gasteiger partial charge < -0.3 is 4.74 Å². The monoisotopic (exact) mass is 111 g/mol. The van der Waals surface area contributed by atoms with Crippen LogP contribution in [0.25, 0.3) is 0 Å². The zero-order valence-electron chi connectivity index (χ0n) is 4.66. The molecule has 1 radical (unpaired) electrons. The predicted molar refractivity (Wildman–Crippen MR) is 29.5 cm³/mol. The van der Waals surface area contributed by atoms with Gasteiger partial charge in [0.25, 0.3) is 0 Å². The number of aromatic nitrogens is 2. The Morgan fingerprint density at radius 1 is 1.88 bits per heavy atom. The first-order valence-corrected chi connectivity index (χ1v) is 2.22. The van der Waals surface area contributed by atoms with Crippen molar-refractivity contribution in [3.05, 3.63) is 19.4 Å². The Labute approximate surface area is 47.9 Å². The van der Waals surface area contributed by atoms with Crippen LogP contribution in [0.1, 0.15) is 0 Å². The van der Waals surface area contributed by atoms with Gasteiger partial charge in [-0.15, -0.1) is 0 Å². The fourth-order valence-corrected chi connectivity index (χ4v) is 0.450. The highest BCUT2D eigenvalue weighted by Gasteiger charge is 1.89. The van der Waals surface area contributed by atoms with Crippen molar-refractivity contribution in [1.82, 2.24) is 9.78 Å². The number of hydrogen-bond donors (Lipinski definition) is 0. The van der Waals surface area contributed by atoms with E-state index in [2.05, 4.69) is 12.1 Å². The molecule has 0 saturated heterocycles. The lowest BCUT2D eigenvalue weighted by molar-refractivity contribution is 0.414. The summed E-state index contributed by atoms with van der Waals surface area (Å²) in [6.45, 7) is 0. The SMILES string of the molecule is [CH2]n1cc(OC)cn1. The molecule has 0 atom stereocenters. The third kappa shape index (κ3) is 0.804. The molecule has 0 bridgehead atoms. The van der Waals surface area contributed by atoms with Gasteiger partial charge in [0.05, 0.1) is 26.6 Å². The minimum Gasteiger partial charge on any atom is -0.493 e. The van der Waals surface area contributed by atoms with E-state index in [9.17, 15) is 0 Å². The quantitative estimate of drug-likeness (QED) is 0.528. The summed E-state index contributed by atoms with van der Waals surface area (Å²) in [5.41, 5.74) is 0. The van der Waals surface area contributed by atoms with E-state index in [0.717, 1.165) is 5.75 Å². The van der Waals surface area contributed by atoms with Crippen LogP contribution >= 0.6 is 0 Å². The van der Waals surface area contributed by atoms with E-state index in [1.165, 1.54) is 4.68 Å². The standard InChI is InChI=1S/C5H7N2O/c1-7-4-5(8-2)3-6-7/h3-4H,1H2,2H3.